The van der Waals surface area contributed by atoms with Crippen LogP contribution in [0.3, 0.4) is 0 Å². The lowest BCUT2D eigenvalue weighted by Crippen LogP contribution is -2.12. The molecule has 2 unspecified atom stereocenters. The molecule has 1 rings (SSSR count). The van der Waals surface area contributed by atoms with Gasteiger partial charge in [0.25, 0.3) is 0 Å². The average Bonchev–Trinajstić information content (AvgIpc) is 2.26. The second-order valence-corrected chi connectivity index (χ2v) is 3.73. The fourth-order valence-electron chi connectivity index (χ4n) is 1.46. The van der Waals surface area contributed by atoms with E-state index < -0.39 is 6.10 Å². The topological polar surface area (TPSA) is 56.9 Å². The van der Waals surface area contributed by atoms with Crippen molar-refractivity contribution in [1.82, 2.24) is 4.98 Å². The molecule has 3 heteroatoms. The monoisotopic (exact) mass is 204 g/mol. The van der Waals surface area contributed by atoms with Crippen LogP contribution in [0.2, 0.25) is 0 Å². The summed E-state index contributed by atoms with van der Waals surface area (Å²) in [6.45, 7) is 3.94. The van der Waals surface area contributed by atoms with E-state index in [-0.39, 0.29) is 5.92 Å². The van der Waals surface area contributed by atoms with Crippen molar-refractivity contribution in [3.05, 3.63) is 29.6 Å². The maximum atomic E-state index is 9.92. The zero-order valence-corrected chi connectivity index (χ0v) is 9.14. The first kappa shape index (κ1) is 11.7. The van der Waals surface area contributed by atoms with E-state index in [1.54, 1.807) is 12.3 Å². The minimum atomic E-state index is -0.768. The lowest BCUT2D eigenvalue weighted by atomic mass is 9.96. The second-order valence-electron chi connectivity index (χ2n) is 3.73. The highest BCUT2D eigenvalue weighted by atomic mass is 16.3. The minimum Gasteiger partial charge on any atom is -0.385 e. The number of aliphatic hydroxyl groups excluding tert-OH is 1. The van der Waals surface area contributed by atoms with Gasteiger partial charge in [-0.25, -0.2) is 0 Å². The number of hydrogen-bond donors (Lipinski definition) is 1. The molecule has 2 atom stereocenters. The van der Waals surface area contributed by atoms with Crippen molar-refractivity contribution in [2.24, 2.45) is 5.92 Å². The SMILES string of the molecule is CCCC(C#N)C(O)c1ccc(C)cn1. The van der Waals surface area contributed by atoms with Gasteiger partial charge in [-0.15, -0.1) is 0 Å². The Kier molecular flexibility index (Phi) is 4.26. The largest absolute Gasteiger partial charge is 0.385 e. The van der Waals surface area contributed by atoms with Crippen LogP contribution in [0.5, 0.6) is 0 Å². The van der Waals surface area contributed by atoms with E-state index in [9.17, 15) is 5.11 Å². The highest BCUT2D eigenvalue weighted by Gasteiger charge is 2.20. The Hall–Kier alpha value is -1.40. The molecule has 0 radical (unpaired) electrons. The van der Waals surface area contributed by atoms with E-state index in [1.165, 1.54) is 0 Å². The van der Waals surface area contributed by atoms with Gasteiger partial charge in [0.15, 0.2) is 0 Å². The molecule has 0 aliphatic heterocycles. The number of aryl methyl sites for hydroxylation is 1. The Morgan fingerprint density at radius 1 is 1.53 bits per heavy atom. The predicted molar refractivity (Wildman–Crippen MR) is 57.9 cm³/mol. The van der Waals surface area contributed by atoms with Crippen molar-refractivity contribution in [2.75, 3.05) is 0 Å². The van der Waals surface area contributed by atoms with Crippen molar-refractivity contribution in [1.29, 1.82) is 5.26 Å². The Morgan fingerprint density at radius 3 is 2.73 bits per heavy atom. The van der Waals surface area contributed by atoms with Gasteiger partial charge in [-0.1, -0.05) is 19.4 Å². The van der Waals surface area contributed by atoms with Crippen molar-refractivity contribution < 1.29 is 5.11 Å². The highest BCUT2D eigenvalue weighted by molar-refractivity contribution is 5.15. The standard InChI is InChI=1S/C12H16N2O/c1-3-4-10(7-13)12(15)11-6-5-9(2)8-14-11/h5-6,8,10,12,15H,3-4H2,1-2H3. The summed E-state index contributed by atoms with van der Waals surface area (Å²) in [7, 11) is 0. The quantitative estimate of drug-likeness (QED) is 0.819. The number of nitriles is 1. The lowest BCUT2D eigenvalue weighted by molar-refractivity contribution is 0.125. The van der Waals surface area contributed by atoms with Crippen LogP contribution in [0.15, 0.2) is 18.3 Å². The maximum absolute atomic E-state index is 9.92. The molecular formula is C12H16N2O. The molecule has 3 nitrogen and oxygen atoms in total. The van der Waals surface area contributed by atoms with Gasteiger partial charge in [0.2, 0.25) is 0 Å². The zero-order valence-electron chi connectivity index (χ0n) is 9.14. The number of aliphatic hydroxyl groups is 1. The number of rotatable bonds is 4. The van der Waals surface area contributed by atoms with Crippen molar-refractivity contribution in [3.8, 4) is 6.07 Å². The smallest absolute Gasteiger partial charge is 0.112 e. The first-order chi connectivity index (χ1) is 7.19. The fourth-order valence-corrected chi connectivity index (χ4v) is 1.46. The number of hydrogen-bond acceptors (Lipinski definition) is 3. The van der Waals surface area contributed by atoms with Crippen LogP contribution >= 0.6 is 0 Å². The van der Waals surface area contributed by atoms with Crippen LogP contribution in [0.4, 0.5) is 0 Å². The van der Waals surface area contributed by atoms with E-state index in [2.05, 4.69) is 11.1 Å². The van der Waals surface area contributed by atoms with Gasteiger partial charge >= 0.3 is 0 Å². The Bertz CT molecular complexity index is 340. The minimum absolute atomic E-state index is 0.356. The molecule has 0 bridgehead atoms. The second kappa shape index (κ2) is 5.47. The normalized spacial score (nSPS) is 14.3. The van der Waals surface area contributed by atoms with E-state index in [4.69, 9.17) is 5.26 Å². The van der Waals surface area contributed by atoms with Crippen LogP contribution in [0, 0.1) is 24.2 Å². The summed E-state index contributed by atoms with van der Waals surface area (Å²) in [5, 5.41) is 18.8. The molecular weight excluding hydrogens is 188 g/mol. The Balaban J connectivity index is 2.79. The summed E-state index contributed by atoms with van der Waals surface area (Å²) < 4.78 is 0. The summed E-state index contributed by atoms with van der Waals surface area (Å²) in [5.41, 5.74) is 1.63. The maximum Gasteiger partial charge on any atom is 0.112 e. The number of pyridine rings is 1. The van der Waals surface area contributed by atoms with Gasteiger partial charge < -0.3 is 5.11 Å². The van der Waals surface area contributed by atoms with Gasteiger partial charge in [-0.3, -0.25) is 4.98 Å². The van der Waals surface area contributed by atoms with Crippen LogP contribution in [0.25, 0.3) is 0 Å². The third kappa shape index (κ3) is 3.03. The third-order valence-corrected chi connectivity index (χ3v) is 2.38. The number of aromatic nitrogens is 1. The lowest BCUT2D eigenvalue weighted by Gasteiger charge is -2.15. The summed E-state index contributed by atoms with van der Waals surface area (Å²) in [6, 6.07) is 5.80. The molecule has 0 spiro atoms. The summed E-state index contributed by atoms with van der Waals surface area (Å²) in [5.74, 6) is -0.356. The summed E-state index contributed by atoms with van der Waals surface area (Å²) in [4.78, 5) is 4.13. The molecule has 0 fully saturated rings. The molecule has 1 aromatic rings. The zero-order chi connectivity index (χ0) is 11.3. The molecule has 0 amide bonds. The molecule has 80 valence electrons. The molecule has 0 saturated heterocycles. The van der Waals surface area contributed by atoms with Gasteiger partial charge in [-0.2, -0.15) is 5.26 Å². The van der Waals surface area contributed by atoms with E-state index in [1.807, 2.05) is 19.9 Å². The molecule has 1 heterocycles. The average molecular weight is 204 g/mol. The number of nitrogens with zero attached hydrogens (tertiary/aromatic N) is 2. The summed E-state index contributed by atoms with van der Waals surface area (Å²) >= 11 is 0. The molecule has 0 aliphatic rings. The van der Waals surface area contributed by atoms with E-state index >= 15 is 0 Å². The third-order valence-electron chi connectivity index (χ3n) is 2.38. The molecule has 0 saturated carbocycles. The summed E-state index contributed by atoms with van der Waals surface area (Å²) in [6.07, 6.45) is 2.53. The Labute approximate surface area is 90.4 Å². The molecule has 0 aromatic carbocycles. The Morgan fingerprint density at radius 2 is 2.27 bits per heavy atom. The predicted octanol–water partition coefficient (Wildman–Crippen LogP) is 2.36. The van der Waals surface area contributed by atoms with E-state index in [0.717, 1.165) is 12.0 Å². The van der Waals surface area contributed by atoms with Crippen LogP contribution in [0.1, 0.15) is 37.1 Å². The highest BCUT2D eigenvalue weighted by Crippen LogP contribution is 2.23. The molecule has 1 N–H and O–H groups in total. The van der Waals surface area contributed by atoms with Gasteiger partial charge in [0.05, 0.1) is 17.7 Å². The van der Waals surface area contributed by atoms with Gasteiger partial charge in [0, 0.05) is 6.20 Å². The van der Waals surface area contributed by atoms with E-state index in [0.29, 0.717) is 12.1 Å². The van der Waals surface area contributed by atoms with Crippen molar-refractivity contribution in [2.45, 2.75) is 32.8 Å². The van der Waals surface area contributed by atoms with Gasteiger partial charge in [0.1, 0.15) is 6.10 Å². The molecule has 1 aromatic heterocycles. The van der Waals surface area contributed by atoms with Crippen LogP contribution < -0.4 is 0 Å². The molecule has 15 heavy (non-hydrogen) atoms. The fraction of sp³-hybridized carbons (Fsp3) is 0.500. The first-order valence-corrected chi connectivity index (χ1v) is 5.19. The first-order valence-electron chi connectivity index (χ1n) is 5.19. The van der Waals surface area contributed by atoms with Crippen LogP contribution in [-0.4, -0.2) is 10.1 Å². The van der Waals surface area contributed by atoms with Gasteiger partial charge in [-0.05, 0) is 25.0 Å². The van der Waals surface area contributed by atoms with Crippen molar-refractivity contribution in [3.63, 3.8) is 0 Å². The molecule has 0 aliphatic carbocycles. The van der Waals surface area contributed by atoms with Crippen molar-refractivity contribution >= 4 is 0 Å². The van der Waals surface area contributed by atoms with Crippen LogP contribution in [-0.2, 0) is 0 Å².